The van der Waals surface area contributed by atoms with Crippen molar-refractivity contribution in [3.05, 3.63) is 30.1 Å². The normalized spacial score (nSPS) is 29.3. The topological polar surface area (TPSA) is 57.7 Å². The molecule has 2 bridgehead atoms. The molecule has 3 aliphatic rings. The zero-order valence-corrected chi connectivity index (χ0v) is 15.6. The van der Waals surface area contributed by atoms with Crippen LogP contribution in [-0.2, 0) is 14.8 Å². The zero-order valence-electron chi connectivity index (χ0n) is 14.8. The Kier molecular flexibility index (Phi) is 4.77. The minimum Gasteiger partial charge on any atom is -0.340 e. The molecule has 1 amide bonds. The first-order chi connectivity index (χ1) is 12.4. The lowest BCUT2D eigenvalue weighted by Crippen LogP contribution is -2.50. The van der Waals surface area contributed by atoms with Crippen molar-refractivity contribution < 1.29 is 17.6 Å². The number of piperazine rings is 1. The molecular formula is C19H25FN2O3S. The van der Waals surface area contributed by atoms with E-state index >= 15 is 0 Å². The van der Waals surface area contributed by atoms with Gasteiger partial charge >= 0.3 is 0 Å². The van der Waals surface area contributed by atoms with Crippen LogP contribution in [-0.4, -0.2) is 49.7 Å². The Morgan fingerprint density at radius 1 is 1.08 bits per heavy atom. The molecule has 1 saturated heterocycles. The van der Waals surface area contributed by atoms with E-state index in [0.717, 1.165) is 12.0 Å². The van der Waals surface area contributed by atoms with Crippen molar-refractivity contribution in [3.8, 4) is 0 Å². The molecule has 1 heterocycles. The van der Waals surface area contributed by atoms with E-state index in [9.17, 15) is 17.6 Å². The largest absolute Gasteiger partial charge is 0.340 e. The monoisotopic (exact) mass is 380 g/mol. The molecular weight excluding hydrogens is 355 g/mol. The number of carbonyl (C=O) groups excluding carboxylic acids is 1. The van der Waals surface area contributed by atoms with Crippen LogP contribution in [0.4, 0.5) is 4.39 Å². The van der Waals surface area contributed by atoms with Gasteiger partial charge in [0, 0.05) is 32.6 Å². The summed E-state index contributed by atoms with van der Waals surface area (Å²) >= 11 is 0. The van der Waals surface area contributed by atoms with Gasteiger partial charge < -0.3 is 4.90 Å². The number of rotatable bonds is 4. The number of benzene rings is 1. The number of hydrogen-bond acceptors (Lipinski definition) is 3. The van der Waals surface area contributed by atoms with Crippen LogP contribution in [0.25, 0.3) is 0 Å². The van der Waals surface area contributed by atoms with E-state index in [-0.39, 0.29) is 23.9 Å². The Balaban J connectivity index is 1.35. The highest BCUT2D eigenvalue weighted by Gasteiger charge is 2.41. The quantitative estimate of drug-likeness (QED) is 0.806. The van der Waals surface area contributed by atoms with Gasteiger partial charge in [-0.3, -0.25) is 4.79 Å². The summed E-state index contributed by atoms with van der Waals surface area (Å²) in [5, 5.41) is 0. The molecule has 0 spiro atoms. The molecule has 3 fully saturated rings. The van der Waals surface area contributed by atoms with Crippen LogP contribution in [0, 0.1) is 23.6 Å². The highest BCUT2D eigenvalue weighted by atomic mass is 32.2. The smallest absolute Gasteiger partial charge is 0.246 e. The molecule has 7 heteroatoms. The minimum absolute atomic E-state index is 0.144. The van der Waals surface area contributed by atoms with Crippen molar-refractivity contribution in [1.29, 1.82) is 0 Å². The van der Waals surface area contributed by atoms with Crippen molar-refractivity contribution in [3.63, 3.8) is 0 Å². The van der Waals surface area contributed by atoms with Crippen LogP contribution in [0.5, 0.6) is 0 Å². The minimum atomic E-state index is -3.85. The van der Waals surface area contributed by atoms with Crippen LogP contribution >= 0.6 is 0 Å². The molecule has 26 heavy (non-hydrogen) atoms. The Bertz CT molecular complexity index is 790. The number of hydrogen-bond donors (Lipinski definition) is 0. The summed E-state index contributed by atoms with van der Waals surface area (Å²) in [7, 11) is -3.85. The van der Waals surface area contributed by atoms with Crippen molar-refractivity contribution in [2.24, 2.45) is 17.8 Å². The van der Waals surface area contributed by atoms with Gasteiger partial charge in [-0.25, -0.2) is 12.8 Å². The van der Waals surface area contributed by atoms with E-state index in [1.165, 1.54) is 48.2 Å². The summed E-state index contributed by atoms with van der Waals surface area (Å²) in [6.45, 7) is 1.21. The van der Waals surface area contributed by atoms with Gasteiger partial charge in [0.2, 0.25) is 15.9 Å². The van der Waals surface area contributed by atoms with E-state index in [2.05, 4.69) is 0 Å². The molecule has 1 aliphatic heterocycles. The van der Waals surface area contributed by atoms with Gasteiger partial charge in [0.05, 0.1) is 0 Å². The summed E-state index contributed by atoms with van der Waals surface area (Å²) < 4.78 is 40.4. The highest BCUT2D eigenvalue weighted by Crippen LogP contribution is 2.49. The van der Waals surface area contributed by atoms with Crippen LogP contribution in [0.3, 0.4) is 0 Å². The third-order valence-corrected chi connectivity index (χ3v) is 8.30. The summed E-state index contributed by atoms with van der Waals surface area (Å²) in [5.41, 5.74) is 0. The van der Waals surface area contributed by atoms with Crippen LogP contribution < -0.4 is 0 Å². The van der Waals surface area contributed by atoms with Gasteiger partial charge in [-0.15, -0.1) is 0 Å². The van der Waals surface area contributed by atoms with Crippen molar-refractivity contribution >= 4 is 15.9 Å². The van der Waals surface area contributed by atoms with Crippen molar-refractivity contribution in [2.45, 2.75) is 37.0 Å². The summed E-state index contributed by atoms with van der Waals surface area (Å²) in [6, 6.07) is 5.44. The number of nitrogens with zero attached hydrogens (tertiary/aromatic N) is 2. The second kappa shape index (κ2) is 6.93. The molecule has 5 nitrogen and oxygen atoms in total. The first kappa shape index (κ1) is 17.9. The molecule has 1 aromatic carbocycles. The van der Waals surface area contributed by atoms with Gasteiger partial charge in [0.25, 0.3) is 0 Å². The van der Waals surface area contributed by atoms with Crippen molar-refractivity contribution in [1.82, 2.24) is 9.21 Å². The Morgan fingerprint density at radius 3 is 2.42 bits per heavy atom. The third kappa shape index (κ3) is 3.27. The number of carbonyl (C=O) groups is 1. The number of halogens is 1. The van der Waals surface area contributed by atoms with Crippen LogP contribution in [0.1, 0.15) is 32.1 Å². The molecule has 0 radical (unpaired) electrons. The second-order valence-electron chi connectivity index (χ2n) is 7.85. The fraction of sp³-hybridized carbons (Fsp3) is 0.632. The van der Waals surface area contributed by atoms with Gasteiger partial charge in [0.15, 0.2) is 0 Å². The predicted octanol–water partition coefficient (Wildman–Crippen LogP) is 2.48. The fourth-order valence-corrected chi connectivity index (χ4v) is 6.44. The SMILES string of the molecule is O=C(C[C@@H]1C[C@H]2CC[C@H]1C2)N1CCN(S(=O)(=O)c2ccccc2F)CC1. The van der Waals surface area contributed by atoms with E-state index in [1.54, 1.807) is 4.90 Å². The molecule has 4 rings (SSSR count). The van der Waals surface area contributed by atoms with Gasteiger partial charge in [-0.2, -0.15) is 4.31 Å². The molecule has 0 N–H and O–H groups in total. The third-order valence-electron chi connectivity index (χ3n) is 6.37. The lowest BCUT2D eigenvalue weighted by Gasteiger charge is -2.35. The lowest BCUT2D eigenvalue weighted by atomic mass is 9.86. The first-order valence-electron chi connectivity index (χ1n) is 9.47. The summed E-state index contributed by atoms with van der Waals surface area (Å²) in [6.07, 6.45) is 5.64. The van der Waals surface area contributed by atoms with E-state index < -0.39 is 15.8 Å². The van der Waals surface area contributed by atoms with E-state index in [4.69, 9.17) is 0 Å². The molecule has 2 aliphatic carbocycles. The fourth-order valence-electron chi connectivity index (χ4n) is 4.95. The molecule has 3 atom stereocenters. The predicted molar refractivity (Wildman–Crippen MR) is 95.3 cm³/mol. The number of sulfonamides is 1. The maximum Gasteiger partial charge on any atom is 0.246 e. The molecule has 2 saturated carbocycles. The molecule has 0 unspecified atom stereocenters. The maximum absolute atomic E-state index is 13.9. The Hall–Kier alpha value is -1.47. The molecule has 142 valence electrons. The number of amides is 1. The van der Waals surface area contributed by atoms with Crippen LogP contribution in [0.15, 0.2) is 29.2 Å². The average Bonchev–Trinajstić information content (AvgIpc) is 3.25. The molecule has 1 aromatic rings. The lowest BCUT2D eigenvalue weighted by molar-refractivity contribution is -0.133. The van der Waals surface area contributed by atoms with Gasteiger partial charge in [-0.05, 0) is 49.1 Å². The second-order valence-corrected chi connectivity index (χ2v) is 9.76. The Labute approximate surface area is 154 Å². The van der Waals surface area contributed by atoms with Crippen molar-refractivity contribution in [2.75, 3.05) is 26.2 Å². The van der Waals surface area contributed by atoms with Gasteiger partial charge in [-0.1, -0.05) is 18.6 Å². The van der Waals surface area contributed by atoms with E-state index in [1.807, 2.05) is 0 Å². The zero-order chi connectivity index (χ0) is 18.3. The maximum atomic E-state index is 13.9. The van der Waals surface area contributed by atoms with Crippen LogP contribution in [0.2, 0.25) is 0 Å². The van der Waals surface area contributed by atoms with Gasteiger partial charge in [0.1, 0.15) is 10.7 Å². The Morgan fingerprint density at radius 2 is 1.81 bits per heavy atom. The van der Waals surface area contributed by atoms with E-state index in [0.29, 0.717) is 31.3 Å². The molecule has 0 aromatic heterocycles. The first-order valence-corrected chi connectivity index (χ1v) is 10.9. The summed E-state index contributed by atoms with van der Waals surface area (Å²) in [4.78, 5) is 14.1. The summed E-state index contributed by atoms with van der Waals surface area (Å²) in [5.74, 6) is 1.46. The standard InChI is InChI=1S/C19H25FN2O3S/c20-17-3-1-2-4-18(17)26(24,25)22-9-7-21(8-10-22)19(23)13-16-12-14-5-6-15(16)11-14/h1-4,14-16H,5-13H2/t14-,15-,16-/m0/s1. The number of fused-ring (bicyclic) bond motifs is 2. The average molecular weight is 380 g/mol. The highest BCUT2D eigenvalue weighted by molar-refractivity contribution is 7.89.